The van der Waals surface area contributed by atoms with Crippen LogP contribution in [0.25, 0.3) is 0 Å². The lowest BCUT2D eigenvalue weighted by atomic mass is 9.90. The fourth-order valence-electron chi connectivity index (χ4n) is 3.42. The number of hydrogen-bond donors (Lipinski definition) is 7. The molecule has 13 nitrogen and oxygen atoms in total. The zero-order chi connectivity index (χ0) is 41.3. The van der Waals surface area contributed by atoms with Gasteiger partial charge in [-0.3, -0.25) is 19.2 Å². The van der Waals surface area contributed by atoms with E-state index in [4.69, 9.17) is 24.8 Å². The number of ether oxygens (including phenoxy) is 2. The van der Waals surface area contributed by atoms with Gasteiger partial charge in [0.05, 0.1) is 39.3 Å². The van der Waals surface area contributed by atoms with E-state index in [1.165, 1.54) is 0 Å². The van der Waals surface area contributed by atoms with Gasteiger partial charge in [0.25, 0.3) is 0 Å². The number of hydrogen-bond acceptors (Lipinski definition) is 10. The quantitative estimate of drug-likeness (QED) is 0.0482. The van der Waals surface area contributed by atoms with Crippen LogP contribution in [-0.4, -0.2) is 115 Å². The fraction of sp³-hybridized carbons (Fsp3) is 0.846. The summed E-state index contributed by atoms with van der Waals surface area (Å²) in [4.78, 5) is 41.3. The number of carboxylic acids is 3. The molecule has 0 saturated heterocycles. The first-order chi connectivity index (χ1) is 23.7. The van der Waals surface area contributed by atoms with E-state index in [1.807, 2.05) is 33.8 Å². The number of aliphatic carboxylic acids is 3. The van der Waals surface area contributed by atoms with Crippen LogP contribution in [0.5, 0.6) is 0 Å². The van der Waals surface area contributed by atoms with Gasteiger partial charge >= 0.3 is 17.9 Å². The second-order valence-corrected chi connectivity index (χ2v) is 16.4. The Labute approximate surface area is 316 Å². The first kappa shape index (κ1) is 56.3. The molecule has 0 radical (unpaired) electrons. The first-order valence-corrected chi connectivity index (χ1v) is 18.7. The summed E-state index contributed by atoms with van der Waals surface area (Å²) in [7, 11) is 0. The molecule has 0 unspecified atom stereocenters. The number of Topliss-reactive ketones (excluding diaryl/α,β-unsaturated/α-hetero) is 1. The normalized spacial score (nSPS) is 11.8. The molecular weight excluding hydrogens is 668 g/mol. The highest BCUT2D eigenvalue weighted by atomic mass is 16.5. The maximum Gasteiger partial charge on any atom is 0.305 e. The topological polar surface area (TPSA) is 196 Å². The molecule has 0 atom stereocenters. The van der Waals surface area contributed by atoms with Crippen LogP contribution in [-0.2, 0) is 28.7 Å². The molecule has 0 aromatic carbocycles. The summed E-state index contributed by atoms with van der Waals surface area (Å²) in [6, 6.07) is 0. The Balaban J connectivity index is -0.000000306. The Kier molecular flexibility index (Phi) is 35.9. The van der Waals surface area contributed by atoms with Gasteiger partial charge in [0.2, 0.25) is 0 Å². The van der Waals surface area contributed by atoms with Crippen LogP contribution in [0.3, 0.4) is 0 Å². The summed E-state index contributed by atoms with van der Waals surface area (Å²) in [5.41, 5.74) is 0.287. The van der Waals surface area contributed by atoms with Crippen molar-refractivity contribution in [2.75, 3.05) is 59.2 Å². The van der Waals surface area contributed by atoms with Crippen molar-refractivity contribution < 1.29 is 44.0 Å². The third kappa shape index (κ3) is 62.7. The largest absolute Gasteiger partial charge is 0.481 e. The smallest absolute Gasteiger partial charge is 0.305 e. The maximum atomic E-state index is 10.8. The molecule has 0 saturated carbocycles. The van der Waals surface area contributed by atoms with E-state index in [0.717, 1.165) is 45.6 Å². The average Bonchev–Trinajstić information content (AvgIpc) is 2.97. The Hall–Kier alpha value is -2.42. The third-order valence-corrected chi connectivity index (χ3v) is 6.26. The molecular formula is C39H80N4O9. The Morgan fingerprint density at radius 1 is 0.538 bits per heavy atom. The molecule has 0 aliphatic heterocycles. The van der Waals surface area contributed by atoms with Gasteiger partial charge in [0.1, 0.15) is 5.78 Å². The molecule has 0 rings (SSSR count). The van der Waals surface area contributed by atoms with Gasteiger partial charge < -0.3 is 46.1 Å². The number of nitrogens with one attached hydrogen (secondary N) is 4. The van der Waals surface area contributed by atoms with Gasteiger partial charge in [-0.2, -0.15) is 0 Å². The molecule has 7 N–H and O–H groups in total. The van der Waals surface area contributed by atoms with E-state index in [9.17, 15) is 19.2 Å². The SMILES string of the molecule is CC(C)(C)NCC=CCCOCCC(=O)O.CC(C)(C)NCCCC(=O)O.CC(C)(C)NCCCNCCOCCC(=O)O.CCC(=O)C(C)(C)C. The highest BCUT2D eigenvalue weighted by Gasteiger charge is 2.18. The standard InChI is InChI=1S/C12H26N2O3.C12H23NO3.C8H17NO2.C7H14O/c1-12(2,3)14-7-4-6-13-8-10-17-9-5-11(15)16;1-12(2,3)13-8-5-4-6-9-16-10-7-11(14)15;1-8(2,3)9-6-4-5-7(10)11;1-5-6(8)7(2,3)4/h13-14H,4-10H2,1-3H3,(H,15,16);4-5,13H,6-10H2,1-3H3,(H,14,15);9H,4-6H2,1-3H3,(H,10,11);5H2,1-4H3. The first-order valence-electron chi connectivity index (χ1n) is 18.7. The van der Waals surface area contributed by atoms with Gasteiger partial charge in [-0.1, -0.05) is 39.8 Å². The summed E-state index contributed by atoms with van der Waals surface area (Å²) < 4.78 is 10.3. The van der Waals surface area contributed by atoms with Crippen LogP contribution in [0.2, 0.25) is 0 Å². The van der Waals surface area contributed by atoms with Crippen LogP contribution in [0, 0.1) is 5.41 Å². The molecule has 0 aromatic heterocycles. The molecule has 0 aliphatic carbocycles. The predicted octanol–water partition coefficient (Wildman–Crippen LogP) is 5.91. The van der Waals surface area contributed by atoms with Crippen LogP contribution in [0.15, 0.2) is 12.2 Å². The van der Waals surface area contributed by atoms with E-state index in [2.05, 4.69) is 89.7 Å². The minimum absolute atomic E-state index is 0.0787. The van der Waals surface area contributed by atoms with Crippen LogP contribution in [0.1, 0.15) is 135 Å². The van der Waals surface area contributed by atoms with Crippen molar-refractivity contribution in [2.45, 2.75) is 152 Å². The van der Waals surface area contributed by atoms with Gasteiger partial charge in [-0.25, -0.2) is 0 Å². The van der Waals surface area contributed by atoms with Crippen molar-refractivity contribution in [3.63, 3.8) is 0 Å². The lowest BCUT2D eigenvalue weighted by molar-refractivity contribution is -0.139. The van der Waals surface area contributed by atoms with Crippen LogP contribution in [0.4, 0.5) is 0 Å². The number of carbonyl (C=O) groups excluding carboxylic acids is 1. The summed E-state index contributed by atoms with van der Waals surface area (Å²) in [6.45, 7) is 32.8. The van der Waals surface area contributed by atoms with Gasteiger partial charge in [0, 0.05) is 48.0 Å². The summed E-state index contributed by atoms with van der Waals surface area (Å²) >= 11 is 0. The average molecular weight is 749 g/mol. The molecule has 0 bridgehead atoms. The van der Waals surface area contributed by atoms with Gasteiger partial charge in [0.15, 0.2) is 0 Å². The zero-order valence-corrected chi connectivity index (χ0v) is 35.3. The Morgan fingerprint density at radius 3 is 1.37 bits per heavy atom. The van der Waals surface area contributed by atoms with Crippen molar-refractivity contribution in [1.29, 1.82) is 0 Å². The second-order valence-electron chi connectivity index (χ2n) is 16.4. The van der Waals surface area contributed by atoms with E-state index in [1.54, 1.807) is 0 Å². The van der Waals surface area contributed by atoms with Crippen molar-refractivity contribution in [3.8, 4) is 0 Å². The molecule has 0 spiro atoms. The van der Waals surface area contributed by atoms with Crippen LogP contribution < -0.4 is 21.3 Å². The molecule has 13 heteroatoms. The van der Waals surface area contributed by atoms with E-state index in [-0.39, 0.29) is 41.3 Å². The molecule has 0 aliphatic rings. The third-order valence-electron chi connectivity index (χ3n) is 6.26. The maximum absolute atomic E-state index is 10.8. The van der Waals surface area contributed by atoms with Gasteiger partial charge in [-0.15, -0.1) is 0 Å². The number of carbonyl (C=O) groups is 4. The van der Waals surface area contributed by atoms with Crippen molar-refractivity contribution in [3.05, 3.63) is 12.2 Å². The molecule has 0 amide bonds. The molecule has 0 fully saturated rings. The Bertz CT molecular complexity index is 930. The highest BCUT2D eigenvalue weighted by molar-refractivity contribution is 5.83. The summed E-state index contributed by atoms with van der Waals surface area (Å²) in [5, 5.41) is 38.3. The monoisotopic (exact) mass is 749 g/mol. The van der Waals surface area contributed by atoms with E-state index in [0.29, 0.717) is 45.1 Å². The minimum Gasteiger partial charge on any atom is -0.481 e. The van der Waals surface area contributed by atoms with Crippen molar-refractivity contribution in [1.82, 2.24) is 21.3 Å². The molecule has 52 heavy (non-hydrogen) atoms. The zero-order valence-electron chi connectivity index (χ0n) is 35.3. The van der Waals surface area contributed by atoms with Gasteiger partial charge in [-0.05, 0) is 101 Å². The minimum atomic E-state index is -0.815. The number of carboxylic acid groups (broad SMARTS) is 3. The molecule has 310 valence electrons. The molecule has 0 heterocycles. The summed E-state index contributed by atoms with van der Waals surface area (Å²) in [6.07, 6.45) is 7.77. The number of ketones is 1. The lowest BCUT2D eigenvalue weighted by Crippen LogP contribution is -2.37. The van der Waals surface area contributed by atoms with Crippen LogP contribution >= 0.6 is 0 Å². The highest BCUT2D eigenvalue weighted by Crippen LogP contribution is 2.15. The second kappa shape index (κ2) is 33.2. The fourth-order valence-corrected chi connectivity index (χ4v) is 3.42. The Morgan fingerprint density at radius 2 is 0.981 bits per heavy atom. The van der Waals surface area contributed by atoms with E-state index < -0.39 is 17.9 Å². The lowest BCUT2D eigenvalue weighted by Gasteiger charge is -2.20. The summed E-state index contributed by atoms with van der Waals surface area (Å²) in [5.74, 6) is -2.02. The van der Waals surface area contributed by atoms with Crippen molar-refractivity contribution in [2.24, 2.45) is 5.41 Å². The number of rotatable bonds is 23. The van der Waals surface area contributed by atoms with Crippen molar-refractivity contribution >= 4 is 23.7 Å². The van der Waals surface area contributed by atoms with E-state index >= 15 is 0 Å². The predicted molar refractivity (Wildman–Crippen MR) is 212 cm³/mol. The molecule has 0 aromatic rings.